The molecule has 4 aliphatic heterocycles. The van der Waals surface area contributed by atoms with Crippen molar-refractivity contribution in [2.45, 2.75) is 59.3 Å². The van der Waals surface area contributed by atoms with E-state index in [1.807, 2.05) is 64.6 Å². The van der Waals surface area contributed by atoms with Gasteiger partial charge in [0.15, 0.2) is 6.29 Å². The number of benzene rings is 2. The smallest absolute Gasteiger partial charge is 0.410 e. The molecule has 0 atom stereocenters. The monoisotopic (exact) mass is 894 g/mol. The van der Waals surface area contributed by atoms with E-state index in [4.69, 9.17) is 18.9 Å². The second-order valence-corrected chi connectivity index (χ2v) is 17.6. The van der Waals surface area contributed by atoms with Crippen molar-refractivity contribution in [3.05, 3.63) is 56.5 Å². The van der Waals surface area contributed by atoms with Gasteiger partial charge < -0.3 is 43.9 Å². The van der Waals surface area contributed by atoms with Crippen molar-refractivity contribution in [1.82, 2.24) is 20.0 Å². The van der Waals surface area contributed by atoms with Gasteiger partial charge in [0, 0.05) is 111 Å². The van der Waals surface area contributed by atoms with Crippen molar-refractivity contribution in [3.63, 3.8) is 0 Å². The Bertz CT molecular complexity index is 1530. The molecule has 4 saturated heterocycles. The Balaban J connectivity index is 0.000000202. The van der Waals surface area contributed by atoms with Crippen molar-refractivity contribution in [1.29, 1.82) is 0 Å². The van der Waals surface area contributed by atoms with Crippen LogP contribution in [0.2, 0.25) is 0 Å². The lowest BCUT2D eigenvalue weighted by Gasteiger charge is -2.37. The summed E-state index contributed by atoms with van der Waals surface area (Å²) >= 11 is 7.02. The molecule has 15 heteroatoms. The molecule has 0 bridgehead atoms. The highest BCUT2D eigenvalue weighted by atomic mass is 79.9. The Kier molecular flexibility index (Phi) is 17.5. The maximum absolute atomic E-state index is 12.2. The molecule has 2 amide bonds. The molecule has 55 heavy (non-hydrogen) atoms. The Morgan fingerprint density at radius 1 is 0.673 bits per heavy atom. The zero-order valence-electron chi connectivity index (χ0n) is 33.4. The first kappa shape index (κ1) is 44.8. The number of anilines is 2. The van der Waals surface area contributed by atoms with Gasteiger partial charge in [0.05, 0.1) is 26.4 Å². The van der Waals surface area contributed by atoms with Crippen molar-refractivity contribution in [2.75, 3.05) is 115 Å². The minimum absolute atomic E-state index is 0.200. The summed E-state index contributed by atoms with van der Waals surface area (Å²) in [6.07, 6.45) is 0.492. The third-order valence-corrected chi connectivity index (χ3v) is 10.0. The number of rotatable bonds is 5. The number of piperazine rings is 2. The van der Waals surface area contributed by atoms with Gasteiger partial charge in [-0.15, -0.1) is 0 Å². The number of carbonyl (C=O) groups excluding carboxylic acids is 3. The van der Waals surface area contributed by atoms with Gasteiger partial charge in [-0.1, -0.05) is 37.9 Å². The SMILES string of the molecule is CC(C)(C)OC(=O)N1CCN(Cc2ccc(Br)cc2N2CCOCC2)CC1.CC(C)(C)OC(=O)N1CCNCC1.O=Cc1ccc(Br)cc1N1CCOCC1. The van der Waals surface area contributed by atoms with Crippen LogP contribution in [0, 0.1) is 0 Å². The van der Waals surface area contributed by atoms with E-state index < -0.39 is 5.60 Å². The fourth-order valence-electron chi connectivity index (χ4n) is 6.29. The minimum Gasteiger partial charge on any atom is -0.444 e. The summed E-state index contributed by atoms with van der Waals surface area (Å²) in [5, 5.41) is 3.18. The molecule has 0 aliphatic carbocycles. The van der Waals surface area contributed by atoms with Gasteiger partial charge in [0.25, 0.3) is 0 Å². The average molecular weight is 897 g/mol. The normalized spacial score (nSPS) is 18.3. The highest BCUT2D eigenvalue weighted by Crippen LogP contribution is 2.28. The van der Waals surface area contributed by atoms with Crippen LogP contribution >= 0.6 is 31.9 Å². The summed E-state index contributed by atoms with van der Waals surface area (Å²) < 4.78 is 23.6. The van der Waals surface area contributed by atoms with Crippen molar-refractivity contribution >= 4 is 61.7 Å². The number of hydrogen-bond donors (Lipinski definition) is 1. The van der Waals surface area contributed by atoms with Crippen LogP contribution in [0.5, 0.6) is 0 Å². The lowest BCUT2D eigenvalue weighted by atomic mass is 10.1. The van der Waals surface area contributed by atoms with Crippen LogP contribution in [0.1, 0.15) is 57.5 Å². The number of ether oxygens (including phenoxy) is 4. The number of nitrogens with one attached hydrogen (secondary N) is 1. The van der Waals surface area contributed by atoms with Crippen LogP contribution in [0.15, 0.2) is 45.3 Å². The van der Waals surface area contributed by atoms with Gasteiger partial charge in [-0.25, -0.2) is 9.59 Å². The molecular weight excluding hydrogens is 836 g/mol. The van der Waals surface area contributed by atoms with Gasteiger partial charge in [-0.05, 0) is 77.4 Å². The average Bonchev–Trinajstić information content (AvgIpc) is 3.16. The van der Waals surface area contributed by atoms with Crippen LogP contribution in [0.25, 0.3) is 0 Å². The first-order valence-electron chi connectivity index (χ1n) is 19.2. The molecule has 6 rings (SSSR count). The number of morpholine rings is 2. The first-order valence-corrected chi connectivity index (χ1v) is 20.8. The maximum atomic E-state index is 12.2. The molecule has 13 nitrogen and oxygen atoms in total. The van der Waals surface area contributed by atoms with Gasteiger partial charge in [0.2, 0.25) is 0 Å². The van der Waals surface area contributed by atoms with Crippen LogP contribution < -0.4 is 15.1 Å². The second-order valence-electron chi connectivity index (χ2n) is 15.8. The molecule has 2 aromatic carbocycles. The van der Waals surface area contributed by atoms with E-state index in [9.17, 15) is 14.4 Å². The minimum atomic E-state index is -0.446. The van der Waals surface area contributed by atoms with Crippen molar-refractivity contribution in [3.8, 4) is 0 Å². The molecule has 0 aromatic heterocycles. The van der Waals surface area contributed by atoms with Gasteiger partial charge in [-0.3, -0.25) is 9.69 Å². The molecule has 4 heterocycles. The third-order valence-electron chi connectivity index (χ3n) is 9.06. The van der Waals surface area contributed by atoms with Crippen molar-refractivity contribution < 1.29 is 33.3 Å². The van der Waals surface area contributed by atoms with E-state index in [1.165, 1.54) is 11.3 Å². The van der Waals surface area contributed by atoms with E-state index in [1.54, 1.807) is 4.90 Å². The molecule has 4 fully saturated rings. The number of nitrogens with zero attached hydrogens (tertiary/aromatic N) is 5. The number of aldehydes is 1. The highest BCUT2D eigenvalue weighted by Gasteiger charge is 2.27. The summed E-state index contributed by atoms with van der Waals surface area (Å²) in [4.78, 5) is 45.2. The molecule has 0 saturated carbocycles. The van der Waals surface area contributed by atoms with Crippen LogP contribution in [-0.4, -0.2) is 149 Å². The Hall–Kier alpha value is -2.95. The van der Waals surface area contributed by atoms with E-state index in [0.29, 0.717) is 13.1 Å². The summed E-state index contributed by atoms with van der Waals surface area (Å²) in [5.41, 5.74) is 3.50. The summed E-state index contributed by atoms with van der Waals surface area (Å²) in [6, 6.07) is 12.2. The standard InChI is InChI=1S/C20H30BrN3O3.C11H12BrNO2.C9H18N2O2/c1-20(2,3)27-19(25)24-8-6-22(7-9-24)15-16-4-5-17(21)14-18(16)23-10-12-26-13-11-23;12-10-2-1-9(8-14)11(7-10)13-3-5-15-6-4-13;1-9(2,3)13-8(12)11-6-4-10-5-7-11/h4-5,14H,6-13,15H2,1-3H3;1-2,7-8H,3-6H2;10H,4-7H2,1-3H3. The molecule has 4 aliphatic rings. The van der Waals surface area contributed by atoms with Crippen LogP contribution in [-0.2, 0) is 25.5 Å². The number of halogens is 2. The lowest BCUT2D eigenvalue weighted by molar-refractivity contribution is 0.0138. The molecule has 306 valence electrons. The second kappa shape index (κ2) is 21.5. The van der Waals surface area contributed by atoms with E-state index in [-0.39, 0.29) is 17.8 Å². The summed E-state index contributed by atoms with van der Waals surface area (Å²) in [7, 11) is 0. The highest BCUT2D eigenvalue weighted by molar-refractivity contribution is 9.10. The first-order chi connectivity index (χ1) is 26.1. The topological polar surface area (TPSA) is 116 Å². The predicted molar refractivity (Wildman–Crippen MR) is 223 cm³/mol. The molecule has 0 unspecified atom stereocenters. The zero-order chi connectivity index (χ0) is 40.0. The molecule has 0 spiro atoms. The summed E-state index contributed by atoms with van der Waals surface area (Å²) in [6.45, 7) is 25.1. The van der Waals surface area contributed by atoms with E-state index >= 15 is 0 Å². The van der Waals surface area contributed by atoms with Crippen molar-refractivity contribution in [2.24, 2.45) is 0 Å². The molecule has 2 aromatic rings. The Morgan fingerprint density at radius 3 is 1.62 bits per heavy atom. The molecule has 0 radical (unpaired) electrons. The van der Waals surface area contributed by atoms with Crippen LogP contribution in [0.4, 0.5) is 21.0 Å². The molecule has 1 N–H and O–H groups in total. The van der Waals surface area contributed by atoms with E-state index in [2.05, 4.69) is 70.1 Å². The summed E-state index contributed by atoms with van der Waals surface area (Å²) in [5.74, 6) is 0. The predicted octanol–water partition coefficient (Wildman–Crippen LogP) is 6.26. The maximum Gasteiger partial charge on any atom is 0.410 e. The quantitative estimate of drug-likeness (QED) is 0.343. The number of carbonyl (C=O) groups is 3. The number of amides is 2. The fourth-order valence-corrected chi connectivity index (χ4v) is 6.99. The van der Waals surface area contributed by atoms with Gasteiger partial charge >= 0.3 is 12.2 Å². The Morgan fingerprint density at radius 2 is 1.13 bits per heavy atom. The third kappa shape index (κ3) is 15.5. The van der Waals surface area contributed by atoms with Gasteiger partial charge in [0.1, 0.15) is 11.2 Å². The zero-order valence-corrected chi connectivity index (χ0v) is 36.6. The largest absolute Gasteiger partial charge is 0.444 e. The molecular formula is C40H60Br2N6O7. The Labute approximate surface area is 344 Å². The van der Waals surface area contributed by atoms with Crippen LogP contribution in [0.3, 0.4) is 0 Å². The number of hydrogen-bond acceptors (Lipinski definition) is 11. The lowest BCUT2D eigenvalue weighted by Crippen LogP contribution is -2.49. The fraction of sp³-hybridized carbons (Fsp3) is 0.625. The van der Waals surface area contributed by atoms with E-state index in [0.717, 1.165) is 125 Å². The van der Waals surface area contributed by atoms with Gasteiger partial charge in [-0.2, -0.15) is 0 Å².